The summed E-state index contributed by atoms with van der Waals surface area (Å²) in [6, 6.07) is 12.0. The molecule has 0 fully saturated rings. The van der Waals surface area contributed by atoms with Crippen LogP contribution < -0.4 is 10.6 Å². The Morgan fingerprint density at radius 3 is 2.65 bits per heavy atom. The van der Waals surface area contributed by atoms with Crippen LogP contribution in [0.4, 0.5) is 11.4 Å². The van der Waals surface area contributed by atoms with E-state index in [0.717, 1.165) is 11.3 Å². The van der Waals surface area contributed by atoms with Crippen LogP contribution >= 0.6 is 0 Å². The largest absolute Gasteiger partial charge is 0.326 e. The molecule has 116 valence electrons. The molecule has 1 aliphatic heterocycles. The second kappa shape index (κ2) is 6.04. The van der Waals surface area contributed by atoms with E-state index in [1.165, 1.54) is 6.92 Å². The molecule has 1 heterocycles. The van der Waals surface area contributed by atoms with Crippen molar-refractivity contribution in [3.63, 3.8) is 0 Å². The molecular weight excluding hydrogens is 292 g/mol. The molecule has 0 bridgehead atoms. The summed E-state index contributed by atoms with van der Waals surface area (Å²) in [5, 5.41) is 5.58. The number of carbonyl (C=O) groups is 3. The van der Waals surface area contributed by atoms with Gasteiger partial charge in [-0.3, -0.25) is 14.4 Å². The number of nitrogens with one attached hydrogen (secondary N) is 2. The maximum absolute atomic E-state index is 12.4. The van der Waals surface area contributed by atoms with E-state index in [1.807, 2.05) is 0 Å². The third-order valence-corrected chi connectivity index (χ3v) is 3.79. The molecule has 0 atom stereocenters. The minimum absolute atomic E-state index is 0.00394. The Hall–Kier alpha value is -2.95. The first kappa shape index (κ1) is 15.0. The first-order valence-electron chi connectivity index (χ1n) is 7.38. The Morgan fingerprint density at radius 2 is 1.87 bits per heavy atom. The molecular formula is C18H16N2O3. The van der Waals surface area contributed by atoms with E-state index >= 15 is 0 Å². The lowest BCUT2D eigenvalue weighted by atomic mass is 10.00. The lowest BCUT2D eigenvalue weighted by Crippen LogP contribution is -2.20. The molecule has 1 aliphatic rings. The third-order valence-electron chi connectivity index (χ3n) is 3.79. The predicted molar refractivity (Wildman–Crippen MR) is 87.8 cm³/mol. The normalized spacial score (nSPS) is 13.0. The number of fused-ring (bicyclic) bond motifs is 1. The number of carbonyl (C=O) groups excluding carboxylic acids is 3. The molecule has 0 aliphatic carbocycles. The maximum Gasteiger partial charge on any atom is 0.255 e. The molecule has 2 aromatic carbocycles. The van der Waals surface area contributed by atoms with Gasteiger partial charge in [0.1, 0.15) is 0 Å². The van der Waals surface area contributed by atoms with Crippen molar-refractivity contribution in [3.8, 4) is 0 Å². The fraction of sp³-hybridized carbons (Fsp3) is 0.167. The molecule has 0 spiro atoms. The summed E-state index contributed by atoms with van der Waals surface area (Å²) in [5.41, 5.74) is 3.36. The van der Waals surface area contributed by atoms with Crippen molar-refractivity contribution in [1.82, 2.24) is 0 Å². The van der Waals surface area contributed by atoms with Crippen molar-refractivity contribution in [2.24, 2.45) is 0 Å². The van der Waals surface area contributed by atoms with Gasteiger partial charge in [0, 0.05) is 28.9 Å². The highest BCUT2D eigenvalue weighted by Gasteiger charge is 2.16. The topological polar surface area (TPSA) is 75.3 Å². The monoisotopic (exact) mass is 308 g/mol. The van der Waals surface area contributed by atoms with Crippen molar-refractivity contribution >= 4 is 29.0 Å². The average Bonchev–Trinajstić information content (AvgIpc) is 2.54. The van der Waals surface area contributed by atoms with E-state index in [2.05, 4.69) is 10.6 Å². The predicted octanol–water partition coefficient (Wildman–Crippen LogP) is 3.03. The van der Waals surface area contributed by atoms with Gasteiger partial charge in [-0.15, -0.1) is 0 Å². The number of aryl methyl sites for hydroxylation is 1. The molecule has 0 unspecified atom stereocenters. The van der Waals surface area contributed by atoms with E-state index in [0.29, 0.717) is 29.7 Å². The summed E-state index contributed by atoms with van der Waals surface area (Å²) in [6.07, 6.45) is 1.06. The Balaban J connectivity index is 1.80. The van der Waals surface area contributed by atoms with E-state index in [-0.39, 0.29) is 17.6 Å². The van der Waals surface area contributed by atoms with Gasteiger partial charge in [0.15, 0.2) is 5.78 Å². The van der Waals surface area contributed by atoms with Crippen LogP contribution in [0.25, 0.3) is 0 Å². The van der Waals surface area contributed by atoms with Crippen molar-refractivity contribution in [2.45, 2.75) is 19.8 Å². The number of rotatable bonds is 3. The molecule has 5 heteroatoms. The zero-order valence-electron chi connectivity index (χ0n) is 12.7. The van der Waals surface area contributed by atoms with Gasteiger partial charge in [0.2, 0.25) is 5.91 Å². The minimum Gasteiger partial charge on any atom is -0.326 e. The molecule has 0 saturated heterocycles. The fourth-order valence-corrected chi connectivity index (χ4v) is 2.54. The number of ketones is 1. The molecule has 0 aromatic heterocycles. The van der Waals surface area contributed by atoms with Crippen LogP contribution in [-0.2, 0) is 11.2 Å². The lowest BCUT2D eigenvalue weighted by molar-refractivity contribution is -0.116. The Bertz CT molecular complexity index is 812. The number of benzene rings is 2. The van der Waals surface area contributed by atoms with Gasteiger partial charge in [-0.05, 0) is 49.2 Å². The standard InChI is InChI=1S/C18H16N2O3/c1-11(21)12-3-2-4-15(10-12)19-18(23)14-5-7-16-13(9-14)6-8-17(22)20-16/h2-5,7,9-10H,6,8H2,1H3,(H,19,23)(H,20,22). The number of amides is 2. The van der Waals surface area contributed by atoms with Gasteiger partial charge in [-0.2, -0.15) is 0 Å². The first-order chi connectivity index (χ1) is 11.0. The van der Waals surface area contributed by atoms with Gasteiger partial charge >= 0.3 is 0 Å². The number of hydrogen-bond acceptors (Lipinski definition) is 3. The smallest absolute Gasteiger partial charge is 0.255 e. The molecule has 3 rings (SSSR count). The maximum atomic E-state index is 12.4. The highest BCUT2D eigenvalue weighted by atomic mass is 16.2. The highest BCUT2D eigenvalue weighted by Crippen LogP contribution is 2.24. The van der Waals surface area contributed by atoms with Gasteiger partial charge in [0.25, 0.3) is 5.91 Å². The van der Waals surface area contributed by atoms with E-state index in [9.17, 15) is 14.4 Å². The van der Waals surface area contributed by atoms with Crippen LogP contribution in [-0.4, -0.2) is 17.6 Å². The van der Waals surface area contributed by atoms with Crippen molar-refractivity contribution in [2.75, 3.05) is 10.6 Å². The second-order valence-electron chi connectivity index (χ2n) is 5.51. The summed E-state index contributed by atoms with van der Waals surface area (Å²) in [6.45, 7) is 1.48. The zero-order valence-corrected chi connectivity index (χ0v) is 12.7. The zero-order chi connectivity index (χ0) is 16.4. The fourth-order valence-electron chi connectivity index (χ4n) is 2.54. The van der Waals surface area contributed by atoms with E-state index in [4.69, 9.17) is 0 Å². The van der Waals surface area contributed by atoms with Crippen LogP contribution in [0.3, 0.4) is 0 Å². The van der Waals surface area contributed by atoms with Gasteiger partial charge in [-0.1, -0.05) is 12.1 Å². The first-order valence-corrected chi connectivity index (χ1v) is 7.38. The van der Waals surface area contributed by atoms with Crippen LogP contribution in [0.1, 0.15) is 39.6 Å². The minimum atomic E-state index is -0.245. The van der Waals surface area contributed by atoms with Crippen molar-refractivity contribution in [3.05, 3.63) is 59.2 Å². The average molecular weight is 308 g/mol. The molecule has 0 saturated carbocycles. The van der Waals surface area contributed by atoms with Crippen LogP contribution in [0.15, 0.2) is 42.5 Å². The molecule has 2 aromatic rings. The summed E-state index contributed by atoms with van der Waals surface area (Å²) < 4.78 is 0. The van der Waals surface area contributed by atoms with Crippen LogP contribution in [0.5, 0.6) is 0 Å². The summed E-state index contributed by atoms with van der Waals surface area (Å²) in [5.74, 6) is -0.299. The van der Waals surface area contributed by atoms with E-state index < -0.39 is 0 Å². The summed E-state index contributed by atoms with van der Waals surface area (Å²) in [4.78, 5) is 35.1. The SMILES string of the molecule is CC(=O)c1cccc(NC(=O)c2ccc3c(c2)CCC(=O)N3)c1. The molecule has 2 N–H and O–H groups in total. The molecule has 5 nitrogen and oxygen atoms in total. The van der Waals surface area contributed by atoms with Gasteiger partial charge in [-0.25, -0.2) is 0 Å². The number of hydrogen-bond donors (Lipinski definition) is 2. The second-order valence-corrected chi connectivity index (χ2v) is 5.51. The van der Waals surface area contributed by atoms with E-state index in [1.54, 1.807) is 42.5 Å². The lowest BCUT2D eigenvalue weighted by Gasteiger charge is -2.17. The van der Waals surface area contributed by atoms with Crippen molar-refractivity contribution in [1.29, 1.82) is 0 Å². The third kappa shape index (κ3) is 3.29. The highest BCUT2D eigenvalue weighted by molar-refractivity contribution is 6.06. The number of Topliss-reactive ketones (excluding diaryl/α,β-unsaturated/α-hetero) is 1. The van der Waals surface area contributed by atoms with Crippen LogP contribution in [0, 0.1) is 0 Å². The van der Waals surface area contributed by atoms with Gasteiger partial charge in [0.05, 0.1) is 0 Å². The van der Waals surface area contributed by atoms with Crippen molar-refractivity contribution < 1.29 is 14.4 Å². The molecule has 2 amide bonds. The number of anilines is 2. The Kier molecular flexibility index (Phi) is 3.93. The summed E-state index contributed by atoms with van der Waals surface area (Å²) in [7, 11) is 0. The van der Waals surface area contributed by atoms with Gasteiger partial charge < -0.3 is 10.6 Å². The Morgan fingerprint density at radius 1 is 1.04 bits per heavy atom. The summed E-state index contributed by atoms with van der Waals surface area (Å²) >= 11 is 0. The molecule has 23 heavy (non-hydrogen) atoms. The molecule has 0 radical (unpaired) electrons. The van der Waals surface area contributed by atoms with Crippen LogP contribution in [0.2, 0.25) is 0 Å². The Labute approximate surface area is 133 Å². The quantitative estimate of drug-likeness (QED) is 0.856.